The molecule has 2 aromatic rings. The number of aryl methyl sites for hydroxylation is 1. The van der Waals surface area contributed by atoms with Crippen LogP contribution in [0.25, 0.3) is 0 Å². The minimum atomic E-state index is -3.83. The van der Waals surface area contributed by atoms with E-state index in [4.69, 9.17) is 5.11 Å². The summed E-state index contributed by atoms with van der Waals surface area (Å²) in [7, 11) is -3.83. The van der Waals surface area contributed by atoms with Crippen molar-refractivity contribution in [2.75, 3.05) is 0 Å². The Labute approximate surface area is 140 Å². The smallest absolute Gasteiger partial charge is 0.303 e. The number of nitrogens with one attached hydrogen (secondary N) is 1. The third-order valence-corrected chi connectivity index (χ3v) is 5.23. The molecule has 0 spiro atoms. The van der Waals surface area contributed by atoms with E-state index in [1.54, 1.807) is 25.1 Å². The molecule has 0 radical (unpaired) electrons. The zero-order valence-electron chi connectivity index (χ0n) is 13.1. The Kier molecular flexibility index (Phi) is 5.69. The molecule has 0 aliphatic heterocycles. The fourth-order valence-corrected chi connectivity index (χ4v) is 3.87. The van der Waals surface area contributed by atoms with Crippen LogP contribution in [-0.2, 0) is 14.8 Å². The molecule has 0 bridgehead atoms. The molecule has 0 aliphatic rings. The largest absolute Gasteiger partial charge is 0.481 e. The molecule has 0 saturated heterocycles. The van der Waals surface area contributed by atoms with Gasteiger partial charge in [0.1, 0.15) is 5.82 Å². The Morgan fingerprint density at radius 2 is 1.79 bits per heavy atom. The first kappa shape index (κ1) is 18.1. The first-order valence-electron chi connectivity index (χ1n) is 7.35. The van der Waals surface area contributed by atoms with Gasteiger partial charge in [-0.3, -0.25) is 4.79 Å². The lowest BCUT2D eigenvalue weighted by atomic mass is 10.0. The van der Waals surface area contributed by atoms with Crippen molar-refractivity contribution in [1.82, 2.24) is 4.72 Å². The number of hydrogen-bond acceptors (Lipinski definition) is 3. The Hall–Kier alpha value is -2.25. The highest BCUT2D eigenvalue weighted by molar-refractivity contribution is 7.89. The van der Waals surface area contributed by atoms with Gasteiger partial charge in [0.25, 0.3) is 0 Å². The molecule has 2 rings (SSSR count). The molecule has 24 heavy (non-hydrogen) atoms. The lowest BCUT2D eigenvalue weighted by Crippen LogP contribution is -2.29. The molecule has 7 heteroatoms. The van der Waals surface area contributed by atoms with Gasteiger partial charge >= 0.3 is 5.97 Å². The van der Waals surface area contributed by atoms with Crippen molar-refractivity contribution in [2.45, 2.75) is 30.7 Å². The first-order valence-corrected chi connectivity index (χ1v) is 8.83. The molecule has 2 aromatic carbocycles. The van der Waals surface area contributed by atoms with Gasteiger partial charge in [0.2, 0.25) is 10.0 Å². The summed E-state index contributed by atoms with van der Waals surface area (Å²) in [5.74, 6) is -1.48. The number of halogens is 1. The molecule has 0 aromatic heterocycles. The molecule has 2 N–H and O–H groups in total. The molecule has 1 unspecified atom stereocenters. The molecule has 128 valence electrons. The number of aliphatic carboxylic acids is 1. The molecular weight excluding hydrogens is 333 g/mol. The van der Waals surface area contributed by atoms with E-state index in [1.165, 1.54) is 30.3 Å². The van der Waals surface area contributed by atoms with Crippen LogP contribution in [0.1, 0.15) is 30.0 Å². The summed E-state index contributed by atoms with van der Waals surface area (Å²) >= 11 is 0. The van der Waals surface area contributed by atoms with Gasteiger partial charge in [-0.2, -0.15) is 0 Å². The zero-order valence-corrected chi connectivity index (χ0v) is 13.9. The summed E-state index contributed by atoms with van der Waals surface area (Å²) in [6.07, 6.45) is -0.148. The molecular formula is C17H18FNO4S. The van der Waals surface area contributed by atoms with Crippen LogP contribution >= 0.6 is 0 Å². The topological polar surface area (TPSA) is 83.5 Å². The van der Waals surface area contributed by atoms with Crippen molar-refractivity contribution in [1.29, 1.82) is 0 Å². The van der Waals surface area contributed by atoms with Crippen LogP contribution in [0, 0.1) is 12.7 Å². The van der Waals surface area contributed by atoms with E-state index in [0.717, 1.165) is 0 Å². The number of benzene rings is 2. The summed E-state index contributed by atoms with van der Waals surface area (Å²) in [6.45, 7) is 1.68. The number of carboxylic acids is 1. The summed E-state index contributed by atoms with van der Waals surface area (Å²) < 4.78 is 40.8. The molecule has 0 fully saturated rings. The van der Waals surface area contributed by atoms with E-state index in [-0.39, 0.29) is 17.7 Å². The summed E-state index contributed by atoms with van der Waals surface area (Å²) in [6, 6.07) is 11.1. The Balaban J connectivity index is 2.32. The van der Waals surface area contributed by atoms with Gasteiger partial charge < -0.3 is 5.11 Å². The molecule has 0 heterocycles. The highest BCUT2D eigenvalue weighted by Gasteiger charge is 2.23. The average Bonchev–Trinajstić information content (AvgIpc) is 2.52. The highest BCUT2D eigenvalue weighted by Crippen LogP contribution is 2.23. The molecule has 0 aliphatic carbocycles. The normalized spacial score (nSPS) is 12.8. The van der Waals surface area contributed by atoms with Crippen LogP contribution in [0.5, 0.6) is 0 Å². The second kappa shape index (κ2) is 7.55. The minimum Gasteiger partial charge on any atom is -0.481 e. The van der Waals surface area contributed by atoms with E-state index in [1.807, 2.05) is 0 Å². The van der Waals surface area contributed by atoms with E-state index < -0.39 is 27.9 Å². The summed E-state index contributed by atoms with van der Waals surface area (Å²) in [5.41, 5.74) is 1.09. The van der Waals surface area contributed by atoms with Crippen molar-refractivity contribution in [3.8, 4) is 0 Å². The lowest BCUT2D eigenvalue weighted by molar-refractivity contribution is -0.137. The Morgan fingerprint density at radius 3 is 2.38 bits per heavy atom. The van der Waals surface area contributed by atoms with Crippen LogP contribution < -0.4 is 4.72 Å². The lowest BCUT2D eigenvalue weighted by Gasteiger charge is -2.19. The van der Waals surface area contributed by atoms with Crippen molar-refractivity contribution >= 4 is 16.0 Å². The average molecular weight is 351 g/mol. The predicted octanol–water partition coefficient (Wildman–Crippen LogP) is 3.02. The van der Waals surface area contributed by atoms with Crippen LogP contribution in [0.4, 0.5) is 4.39 Å². The maximum atomic E-state index is 13.1. The number of carboxylic acid groups (broad SMARTS) is 1. The van der Waals surface area contributed by atoms with Gasteiger partial charge in [0.05, 0.1) is 4.90 Å². The fourth-order valence-electron chi connectivity index (χ4n) is 2.37. The van der Waals surface area contributed by atoms with Crippen molar-refractivity contribution < 1.29 is 22.7 Å². The van der Waals surface area contributed by atoms with Crippen molar-refractivity contribution in [2.24, 2.45) is 0 Å². The molecule has 0 saturated carbocycles. The van der Waals surface area contributed by atoms with Gasteiger partial charge in [0.15, 0.2) is 0 Å². The monoisotopic (exact) mass is 351 g/mol. The van der Waals surface area contributed by atoms with Gasteiger partial charge in [-0.05, 0) is 42.7 Å². The molecule has 5 nitrogen and oxygen atoms in total. The van der Waals surface area contributed by atoms with Gasteiger partial charge in [-0.1, -0.05) is 30.3 Å². The van der Waals surface area contributed by atoms with Gasteiger partial charge in [-0.15, -0.1) is 0 Å². The Morgan fingerprint density at radius 1 is 1.17 bits per heavy atom. The van der Waals surface area contributed by atoms with Crippen LogP contribution in [0.15, 0.2) is 53.4 Å². The number of hydrogen-bond donors (Lipinski definition) is 2. The van der Waals surface area contributed by atoms with Crippen molar-refractivity contribution in [3.63, 3.8) is 0 Å². The quantitative estimate of drug-likeness (QED) is 0.803. The standard InChI is InChI=1S/C17H18FNO4S/c1-12-4-2-3-5-16(12)24(22,23)19-15(10-11-17(20)21)13-6-8-14(18)9-7-13/h2-9,15,19H,10-11H2,1H3,(H,20,21). The SMILES string of the molecule is Cc1ccccc1S(=O)(=O)NC(CCC(=O)O)c1ccc(F)cc1. The third-order valence-electron chi connectivity index (χ3n) is 3.60. The summed E-state index contributed by atoms with van der Waals surface area (Å²) in [4.78, 5) is 11.0. The minimum absolute atomic E-state index is 0.0616. The van der Waals surface area contributed by atoms with Crippen LogP contribution in [0.3, 0.4) is 0 Å². The van der Waals surface area contributed by atoms with E-state index in [2.05, 4.69) is 4.72 Å². The maximum absolute atomic E-state index is 13.1. The third kappa shape index (κ3) is 4.62. The number of rotatable bonds is 7. The highest BCUT2D eigenvalue weighted by atomic mass is 32.2. The second-order valence-electron chi connectivity index (χ2n) is 5.42. The number of sulfonamides is 1. The van der Waals surface area contributed by atoms with Crippen molar-refractivity contribution in [3.05, 3.63) is 65.5 Å². The maximum Gasteiger partial charge on any atom is 0.303 e. The van der Waals surface area contributed by atoms with Gasteiger partial charge in [0, 0.05) is 12.5 Å². The predicted molar refractivity (Wildman–Crippen MR) is 87.5 cm³/mol. The molecule has 0 amide bonds. The van der Waals surface area contributed by atoms with Gasteiger partial charge in [-0.25, -0.2) is 17.5 Å². The Bertz CT molecular complexity index is 819. The molecule has 1 atom stereocenters. The zero-order chi connectivity index (χ0) is 17.7. The first-order chi connectivity index (χ1) is 11.3. The van der Waals surface area contributed by atoms with E-state index >= 15 is 0 Å². The van der Waals surface area contributed by atoms with E-state index in [9.17, 15) is 17.6 Å². The second-order valence-corrected chi connectivity index (χ2v) is 7.11. The summed E-state index contributed by atoms with van der Waals surface area (Å²) in [5, 5.41) is 8.88. The number of carbonyl (C=O) groups is 1. The van der Waals surface area contributed by atoms with E-state index in [0.29, 0.717) is 11.1 Å². The fraction of sp³-hybridized carbons (Fsp3) is 0.235. The van der Waals surface area contributed by atoms with Crippen LogP contribution in [-0.4, -0.2) is 19.5 Å². The van der Waals surface area contributed by atoms with Crippen LogP contribution in [0.2, 0.25) is 0 Å².